The Hall–Kier alpha value is -3.68. The predicted molar refractivity (Wildman–Crippen MR) is 155 cm³/mol. The molecule has 2 N–H and O–H groups in total. The van der Waals surface area contributed by atoms with E-state index in [2.05, 4.69) is 17.1 Å². The molecule has 0 unspecified atom stereocenters. The van der Waals surface area contributed by atoms with Crippen molar-refractivity contribution in [1.82, 2.24) is 4.90 Å². The first-order chi connectivity index (χ1) is 18.7. The summed E-state index contributed by atoms with van der Waals surface area (Å²) in [6, 6.07) is 21.3. The lowest BCUT2D eigenvalue weighted by Gasteiger charge is -2.33. The number of carboxylic acid groups (broad SMARTS) is 1. The molecule has 2 atom stereocenters. The number of hydrogen-bond donors (Lipinski definition) is 2. The zero-order chi connectivity index (χ0) is 28.0. The molecular weight excluding hydrogens is 514 g/mol. The van der Waals surface area contributed by atoms with Gasteiger partial charge in [-0.25, -0.2) is 0 Å². The van der Waals surface area contributed by atoms with Gasteiger partial charge < -0.3 is 15.2 Å². The molecule has 0 aromatic heterocycles. The summed E-state index contributed by atoms with van der Waals surface area (Å²) in [6.45, 7) is 5.70. The molecule has 4 rings (SSSR count). The second-order valence-corrected chi connectivity index (χ2v) is 10.3. The van der Waals surface area contributed by atoms with Gasteiger partial charge in [-0.2, -0.15) is 0 Å². The molecule has 1 fully saturated rings. The molecule has 204 valence electrons. The summed E-state index contributed by atoms with van der Waals surface area (Å²) in [6.07, 6.45) is 1.50. The fourth-order valence-corrected chi connectivity index (χ4v) is 5.34. The maximum Gasteiger partial charge on any atom is 0.305 e. The van der Waals surface area contributed by atoms with Gasteiger partial charge >= 0.3 is 5.97 Å². The van der Waals surface area contributed by atoms with Crippen LogP contribution in [-0.4, -0.2) is 53.3 Å². The summed E-state index contributed by atoms with van der Waals surface area (Å²) in [7, 11) is 1.56. The van der Waals surface area contributed by atoms with Crippen LogP contribution >= 0.6 is 11.6 Å². The lowest BCUT2D eigenvalue weighted by molar-refractivity contribution is -0.137. The van der Waals surface area contributed by atoms with Gasteiger partial charge in [-0.1, -0.05) is 61.0 Å². The van der Waals surface area contributed by atoms with E-state index in [1.807, 2.05) is 49.4 Å². The Labute approximate surface area is 234 Å². The van der Waals surface area contributed by atoms with E-state index in [0.717, 1.165) is 31.5 Å². The monoisotopic (exact) mass is 547 g/mol. The SMILES string of the molecule is CCN1CCC[C@]1(C)C(=O)Nc1ccc(Cl)cc1C(=N[C@@H](CC(=O)O)c1cccc(OC)c1)c1ccccc1. The number of aliphatic carboxylic acids is 1. The number of halogens is 1. The van der Waals surface area contributed by atoms with Crippen LogP contribution in [0.5, 0.6) is 5.75 Å². The highest BCUT2D eigenvalue weighted by molar-refractivity contribution is 6.31. The second kappa shape index (κ2) is 12.5. The predicted octanol–water partition coefficient (Wildman–Crippen LogP) is 6.21. The topological polar surface area (TPSA) is 91.2 Å². The number of nitrogens with zero attached hydrogens (tertiary/aromatic N) is 2. The molecule has 0 bridgehead atoms. The standard InChI is InChI=1S/C31H34ClN3O4/c1-4-35-17-9-16-31(35,2)30(38)34-26-15-14-23(32)19-25(26)29(21-10-6-5-7-11-21)33-27(20-28(36)37)22-12-8-13-24(18-22)39-3/h5-8,10-15,18-19,27H,4,9,16-17,20H2,1-3H3,(H,34,38)(H,36,37)/t27-,31+/m0/s1. The third-order valence-electron chi connectivity index (χ3n) is 7.32. The van der Waals surface area contributed by atoms with Gasteiger partial charge in [0.2, 0.25) is 5.91 Å². The van der Waals surface area contributed by atoms with E-state index in [1.54, 1.807) is 37.4 Å². The molecule has 7 nitrogen and oxygen atoms in total. The van der Waals surface area contributed by atoms with Crippen LogP contribution in [0.1, 0.15) is 55.8 Å². The average Bonchev–Trinajstić information content (AvgIpc) is 3.34. The maximum absolute atomic E-state index is 13.6. The van der Waals surface area contributed by atoms with E-state index < -0.39 is 17.6 Å². The summed E-state index contributed by atoms with van der Waals surface area (Å²) in [5.41, 5.74) is 2.57. The van der Waals surface area contributed by atoms with Crippen LogP contribution in [0.25, 0.3) is 0 Å². The summed E-state index contributed by atoms with van der Waals surface area (Å²) in [4.78, 5) is 32.8. The van der Waals surface area contributed by atoms with E-state index in [0.29, 0.717) is 33.3 Å². The minimum absolute atomic E-state index is 0.0901. The Morgan fingerprint density at radius 3 is 2.59 bits per heavy atom. The van der Waals surface area contributed by atoms with E-state index in [-0.39, 0.29) is 12.3 Å². The van der Waals surface area contributed by atoms with Gasteiger partial charge in [0.05, 0.1) is 36.5 Å². The minimum atomic E-state index is -0.979. The van der Waals surface area contributed by atoms with Crippen molar-refractivity contribution in [2.45, 2.75) is 44.7 Å². The van der Waals surface area contributed by atoms with E-state index in [4.69, 9.17) is 21.3 Å². The largest absolute Gasteiger partial charge is 0.497 e. The van der Waals surface area contributed by atoms with Crippen molar-refractivity contribution in [3.63, 3.8) is 0 Å². The average molecular weight is 548 g/mol. The first kappa shape index (κ1) is 28.3. The smallest absolute Gasteiger partial charge is 0.305 e. The van der Waals surface area contributed by atoms with Crippen molar-refractivity contribution < 1.29 is 19.4 Å². The molecule has 0 radical (unpaired) electrons. The number of likely N-dealkylation sites (tertiary alicyclic amines) is 1. The van der Waals surface area contributed by atoms with Gasteiger partial charge in [-0.3, -0.25) is 19.5 Å². The van der Waals surface area contributed by atoms with Crippen molar-refractivity contribution in [3.8, 4) is 5.75 Å². The van der Waals surface area contributed by atoms with Crippen LogP contribution in [0.2, 0.25) is 5.02 Å². The zero-order valence-corrected chi connectivity index (χ0v) is 23.2. The number of likely N-dealkylation sites (N-methyl/N-ethyl adjacent to an activating group) is 1. The Morgan fingerprint density at radius 1 is 1.13 bits per heavy atom. The molecule has 39 heavy (non-hydrogen) atoms. The van der Waals surface area contributed by atoms with Crippen molar-refractivity contribution in [2.75, 3.05) is 25.5 Å². The molecule has 0 spiro atoms. The van der Waals surface area contributed by atoms with Crippen molar-refractivity contribution >= 4 is 34.9 Å². The quantitative estimate of drug-likeness (QED) is 0.294. The highest BCUT2D eigenvalue weighted by Crippen LogP contribution is 2.33. The van der Waals surface area contributed by atoms with Crippen molar-refractivity contribution in [2.24, 2.45) is 4.99 Å². The lowest BCUT2D eigenvalue weighted by Crippen LogP contribution is -2.50. The molecule has 0 aliphatic carbocycles. The number of methoxy groups -OCH3 is 1. The number of anilines is 1. The molecule has 0 saturated carbocycles. The van der Waals surface area contributed by atoms with Gasteiger partial charge in [0.25, 0.3) is 0 Å². The van der Waals surface area contributed by atoms with Gasteiger partial charge in [-0.05, 0) is 68.8 Å². The molecule has 3 aromatic rings. The van der Waals surface area contributed by atoms with Crippen molar-refractivity contribution in [3.05, 3.63) is 94.5 Å². The van der Waals surface area contributed by atoms with Crippen LogP contribution in [0.15, 0.2) is 77.8 Å². The van der Waals surface area contributed by atoms with Gasteiger partial charge in [-0.15, -0.1) is 0 Å². The maximum atomic E-state index is 13.6. The molecule has 1 amide bonds. The number of rotatable bonds is 10. The second-order valence-electron chi connectivity index (χ2n) is 9.84. The number of ether oxygens (including phenoxy) is 1. The molecule has 1 aliphatic rings. The number of hydrogen-bond acceptors (Lipinski definition) is 5. The normalized spacial score (nSPS) is 18.5. The molecule has 1 saturated heterocycles. The number of carboxylic acids is 1. The van der Waals surface area contributed by atoms with Gasteiger partial charge in [0.15, 0.2) is 0 Å². The van der Waals surface area contributed by atoms with E-state index in [9.17, 15) is 14.7 Å². The van der Waals surface area contributed by atoms with Crippen LogP contribution in [0, 0.1) is 0 Å². The summed E-state index contributed by atoms with van der Waals surface area (Å²) < 4.78 is 5.37. The number of carbonyl (C=O) groups is 2. The third kappa shape index (κ3) is 6.49. The highest BCUT2D eigenvalue weighted by Gasteiger charge is 2.42. The Bertz CT molecular complexity index is 1360. The number of nitrogens with one attached hydrogen (secondary N) is 1. The minimum Gasteiger partial charge on any atom is -0.497 e. The van der Waals surface area contributed by atoms with Crippen LogP contribution < -0.4 is 10.1 Å². The molecular formula is C31H34ClN3O4. The number of benzene rings is 3. The van der Waals surface area contributed by atoms with Gasteiger partial charge in [0, 0.05) is 16.1 Å². The zero-order valence-electron chi connectivity index (χ0n) is 22.5. The summed E-state index contributed by atoms with van der Waals surface area (Å²) in [5.74, 6) is -0.458. The van der Waals surface area contributed by atoms with E-state index in [1.165, 1.54) is 0 Å². The Morgan fingerprint density at radius 2 is 1.90 bits per heavy atom. The summed E-state index contributed by atoms with van der Waals surface area (Å²) in [5, 5.41) is 13.4. The molecule has 1 heterocycles. The molecule has 8 heteroatoms. The molecule has 3 aromatic carbocycles. The first-order valence-electron chi connectivity index (χ1n) is 13.1. The highest BCUT2D eigenvalue weighted by atomic mass is 35.5. The van der Waals surface area contributed by atoms with Crippen LogP contribution in [0.3, 0.4) is 0 Å². The van der Waals surface area contributed by atoms with Gasteiger partial charge in [0.1, 0.15) is 5.75 Å². The Balaban J connectivity index is 1.85. The van der Waals surface area contributed by atoms with Crippen LogP contribution in [0.4, 0.5) is 5.69 Å². The van der Waals surface area contributed by atoms with Crippen LogP contribution in [-0.2, 0) is 9.59 Å². The summed E-state index contributed by atoms with van der Waals surface area (Å²) >= 11 is 6.48. The number of amides is 1. The number of aliphatic imine (C=N–C) groups is 1. The fraction of sp³-hybridized carbons (Fsp3) is 0.323. The third-order valence-corrected chi connectivity index (χ3v) is 7.56. The van der Waals surface area contributed by atoms with Crippen molar-refractivity contribution in [1.29, 1.82) is 0 Å². The lowest BCUT2D eigenvalue weighted by atomic mass is 9.95. The molecule has 1 aliphatic heterocycles. The number of carbonyl (C=O) groups excluding carboxylic acids is 1. The first-order valence-corrected chi connectivity index (χ1v) is 13.5. The Kier molecular flexibility index (Phi) is 9.04. The fourth-order valence-electron chi connectivity index (χ4n) is 5.17. The van der Waals surface area contributed by atoms with E-state index >= 15 is 0 Å².